The number of hydrogen-bond acceptors (Lipinski definition) is 3. The van der Waals surface area contributed by atoms with Crippen LogP contribution in [-0.2, 0) is 0 Å². The zero-order valence-electron chi connectivity index (χ0n) is 14.5. The summed E-state index contributed by atoms with van der Waals surface area (Å²) < 4.78 is 1.98. The van der Waals surface area contributed by atoms with Crippen molar-refractivity contribution in [2.24, 2.45) is 5.10 Å². The van der Waals surface area contributed by atoms with Gasteiger partial charge >= 0.3 is 0 Å². The van der Waals surface area contributed by atoms with Gasteiger partial charge in [0.25, 0.3) is 5.91 Å². The van der Waals surface area contributed by atoms with Crippen molar-refractivity contribution in [1.82, 2.24) is 15.0 Å². The maximum atomic E-state index is 12.1. The molecule has 2 aromatic heterocycles. The van der Waals surface area contributed by atoms with Crippen LogP contribution in [0.5, 0.6) is 0 Å². The maximum Gasteiger partial charge on any atom is 0.274 e. The first-order chi connectivity index (χ1) is 12.9. The van der Waals surface area contributed by atoms with Crippen molar-refractivity contribution in [3.63, 3.8) is 0 Å². The Morgan fingerprint density at radius 1 is 1.19 bits per heavy atom. The van der Waals surface area contributed by atoms with Gasteiger partial charge in [-0.3, -0.25) is 4.79 Å². The van der Waals surface area contributed by atoms with Crippen LogP contribution in [0, 0.1) is 13.8 Å². The highest BCUT2D eigenvalue weighted by Gasteiger charge is 2.14. The summed E-state index contributed by atoms with van der Waals surface area (Å²) >= 11 is 18.4. The van der Waals surface area contributed by atoms with Crippen molar-refractivity contribution in [3.8, 4) is 5.69 Å². The van der Waals surface area contributed by atoms with Gasteiger partial charge in [0.1, 0.15) is 5.15 Å². The molecule has 0 saturated heterocycles. The predicted molar refractivity (Wildman–Crippen MR) is 110 cm³/mol. The number of pyridine rings is 1. The summed E-state index contributed by atoms with van der Waals surface area (Å²) in [5.74, 6) is -0.434. The molecule has 1 N–H and O–H groups in total. The molecule has 0 aliphatic heterocycles. The normalized spacial score (nSPS) is 11.1. The zero-order chi connectivity index (χ0) is 19.6. The van der Waals surface area contributed by atoms with E-state index in [1.807, 2.05) is 36.6 Å². The van der Waals surface area contributed by atoms with E-state index >= 15 is 0 Å². The molecule has 3 aromatic rings. The fraction of sp³-hybridized carbons (Fsp3) is 0.105. The van der Waals surface area contributed by atoms with Crippen molar-refractivity contribution in [2.75, 3.05) is 0 Å². The van der Waals surface area contributed by atoms with Crippen LogP contribution in [0.3, 0.4) is 0 Å². The summed E-state index contributed by atoms with van der Waals surface area (Å²) in [6.45, 7) is 3.89. The molecular formula is C19H15Cl3N4O. The number of carbonyl (C=O) groups is 1. The van der Waals surface area contributed by atoms with Crippen molar-refractivity contribution in [1.29, 1.82) is 0 Å². The lowest BCUT2D eigenvalue weighted by molar-refractivity contribution is 0.0955. The van der Waals surface area contributed by atoms with E-state index in [1.165, 1.54) is 6.20 Å². The van der Waals surface area contributed by atoms with Crippen LogP contribution >= 0.6 is 34.8 Å². The first-order valence-electron chi connectivity index (χ1n) is 7.97. The van der Waals surface area contributed by atoms with Crippen LogP contribution in [0.25, 0.3) is 5.69 Å². The smallest absolute Gasteiger partial charge is 0.274 e. The molecule has 0 atom stereocenters. The predicted octanol–water partition coefficient (Wildman–Crippen LogP) is 5.21. The van der Waals surface area contributed by atoms with Crippen LogP contribution in [0.2, 0.25) is 15.2 Å². The van der Waals surface area contributed by atoms with E-state index in [-0.39, 0.29) is 10.7 Å². The molecule has 138 valence electrons. The third-order valence-electron chi connectivity index (χ3n) is 4.02. The highest BCUT2D eigenvalue weighted by molar-refractivity contribution is 6.43. The van der Waals surface area contributed by atoms with Crippen molar-refractivity contribution < 1.29 is 4.79 Å². The Bertz CT molecular complexity index is 1040. The monoisotopic (exact) mass is 420 g/mol. The van der Waals surface area contributed by atoms with Gasteiger partial charge in [0.2, 0.25) is 0 Å². The lowest BCUT2D eigenvalue weighted by atomic mass is 10.2. The largest absolute Gasteiger partial charge is 0.316 e. The van der Waals surface area contributed by atoms with Crippen LogP contribution in [0.15, 0.2) is 47.7 Å². The van der Waals surface area contributed by atoms with Crippen molar-refractivity contribution in [3.05, 3.63) is 80.3 Å². The molecule has 0 aliphatic rings. The second-order valence-electron chi connectivity index (χ2n) is 5.78. The van der Waals surface area contributed by atoms with Gasteiger partial charge in [0.05, 0.1) is 27.5 Å². The Balaban J connectivity index is 1.85. The summed E-state index contributed by atoms with van der Waals surface area (Å²) in [4.78, 5) is 16.0. The van der Waals surface area contributed by atoms with Gasteiger partial charge in [-0.15, -0.1) is 0 Å². The Hall–Kier alpha value is -2.34. The van der Waals surface area contributed by atoms with Gasteiger partial charge < -0.3 is 4.57 Å². The first-order valence-corrected chi connectivity index (χ1v) is 9.10. The lowest BCUT2D eigenvalue weighted by Crippen LogP contribution is -2.18. The maximum absolute atomic E-state index is 12.1. The number of hydrogen-bond donors (Lipinski definition) is 1. The Morgan fingerprint density at radius 3 is 2.70 bits per heavy atom. The molecule has 3 rings (SSSR count). The van der Waals surface area contributed by atoms with Gasteiger partial charge in [-0.2, -0.15) is 5.10 Å². The van der Waals surface area contributed by atoms with Crippen LogP contribution in [0.1, 0.15) is 27.3 Å². The topological polar surface area (TPSA) is 59.3 Å². The molecule has 8 heteroatoms. The van der Waals surface area contributed by atoms with Crippen LogP contribution in [0.4, 0.5) is 0 Å². The fourth-order valence-electron chi connectivity index (χ4n) is 2.73. The molecule has 5 nitrogen and oxygen atoms in total. The SMILES string of the molecule is Cc1cc(C=NNC(=O)c2cccnc2Cl)c(C)n1-c1cccc(Cl)c1Cl. The second-order valence-corrected chi connectivity index (χ2v) is 6.92. The molecule has 27 heavy (non-hydrogen) atoms. The number of nitrogens with one attached hydrogen (secondary N) is 1. The number of carbonyl (C=O) groups excluding carboxylic acids is 1. The van der Waals surface area contributed by atoms with E-state index in [9.17, 15) is 4.79 Å². The Labute approximate surface area is 171 Å². The highest BCUT2D eigenvalue weighted by atomic mass is 35.5. The minimum atomic E-state index is -0.434. The van der Waals surface area contributed by atoms with Crippen molar-refractivity contribution in [2.45, 2.75) is 13.8 Å². The number of benzene rings is 1. The molecule has 0 fully saturated rings. The number of rotatable bonds is 4. The van der Waals surface area contributed by atoms with Gasteiger partial charge in [-0.05, 0) is 44.2 Å². The number of nitrogens with zero attached hydrogens (tertiary/aromatic N) is 3. The van der Waals surface area contributed by atoms with E-state index in [1.54, 1.807) is 24.4 Å². The molecule has 0 bridgehead atoms. The van der Waals surface area contributed by atoms with Gasteiger partial charge in [0, 0.05) is 23.1 Å². The molecule has 0 saturated carbocycles. The van der Waals surface area contributed by atoms with E-state index in [0.29, 0.717) is 10.0 Å². The van der Waals surface area contributed by atoms with Crippen molar-refractivity contribution >= 4 is 46.9 Å². The number of aryl methyl sites for hydroxylation is 1. The van der Waals surface area contributed by atoms with Crippen LogP contribution < -0.4 is 5.43 Å². The standard InChI is InChI=1S/C19H15Cl3N4O/c1-11-9-13(10-24-25-19(27)14-5-4-8-23-18(14)22)12(2)26(11)16-7-3-6-15(20)17(16)21/h3-10H,1-2H3,(H,25,27). The number of hydrazone groups is 1. The minimum Gasteiger partial charge on any atom is -0.316 e. The molecule has 2 heterocycles. The quantitative estimate of drug-likeness (QED) is 0.357. The molecule has 1 aromatic carbocycles. The zero-order valence-corrected chi connectivity index (χ0v) is 16.8. The van der Waals surface area contributed by atoms with E-state index in [2.05, 4.69) is 15.5 Å². The summed E-state index contributed by atoms with van der Waals surface area (Å²) in [6.07, 6.45) is 3.08. The number of amides is 1. The van der Waals surface area contributed by atoms with E-state index < -0.39 is 5.91 Å². The average molecular weight is 422 g/mol. The summed E-state index contributed by atoms with van der Waals surface area (Å²) in [6, 6.07) is 10.6. The molecule has 0 radical (unpaired) electrons. The van der Waals surface area contributed by atoms with Gasteiger partial charge in [-0.25, -0.2) is 10.4 Å². The summed E-state index contributed by atoms with van der Waals surface area (Å²) in [5.41, 5.74) is 6.20. The fourth-order valence-corrected chi connectivity index (χ4v) is 3.32. The lowest BCUT2D eigenvalue weighted by Gasteiger charge is -2.12. The first kappa shape index (κ1) is 19.4. The minimum absolute atomic E-state index is 0.124. The Kier molecular flexibility index (Phi) is 5.85. The Morgan fingerprint density at radius 2 is 1.96 bits per heavy atom. The molecule has 0 spiro atoms. The molecule has 1 amide bonds. The molecule has 0 aliphatic carbocycles. The third-order valence-corrected chi connectivity index (χ3v) is 5.13. The second kappa shape index (κ2) is 8.13. The third kappa shape index (κ3) is 4.00. The van der Waals surface area contributed by atoms with Gasteiger partial charge in [0.15, 0.2) is 0 Å². The molecular weight excluding hydrogens is 407 g/mol. The van der Waals surface area contributed by atoms with Gasteiger partial charge in [-0.1, -0.05) is 40.9 Å². The highest BCUT2D eigenvalue weighted by Crippen LogP contribution is 2.31. The summed E-state index contributed by atoms with van der Waals surface area (Å²) in [5, 5.41) is 5.11. The van der Waals surface area contributed by atoms with E-state index in [4.69, 9.17) is 34.8 Å². The van der Waals surface area contributed by atoms with Crippen LogP contribution in [-0.4, -0.2) is 21.7 Å². The molecule has 0 unspecified atom stereocenters. The van der Waals surface area contributed by atoms with E-state index in [0.717, 1.165) is 22.6 Å². The number of aromatic nitrogens is 2. The average Bonchev–Trinajstić information content (AvgIpc) is 2.91. The summed E-state index contributed by atoms with van der Waals surface area (Å²) in [7, 11) is 0. The number of halogens is 3.